The highest BCUT2D eigenvalue weighted by Crippen LogP contribution is 2.31. The average molecular weight is 465 g/mol. The van der Waals surface area contributed by atoms with Crippen molar-refractivity contribution in [3.63, 3.8) is 0 Å². The molecule has 1 atom stereocenters. The molecule has 0 saturated heterocycles. The second kappa shape index (κ2) is 9.27. The Kier molecular flexibility index (Phi) is 6.42. The number of esters is 1. The Morgan fingerprint density at radius 3 is 2.45 bits per heavy atom. The third kappa shape index (κ3) is 4.46. The van der Waals surface area contributed by atoms with Crippen molar-refractivity contribution in [2.75, 3.05) is 6.61 Å². The molecule has 1 aromatic heterocycles. The average Bonchev–Trinajstić information content (AvgIpc) is 3.09. The quantitative estimate of drug-likeness (QED) is 0.535. The van der Waals surface area contributed by atoms with Gasteiger partial charge in [-0.15, -0.1) is 0 Å². The maximum Gasteiger partial charge on any atom is 0.338 e. The normalized spacial score (nSPS) is 16.1. The Morgan fingerprint density at radius 2 is 1.85 bits per heavy atom. The van der Waals surface area contributed by atoms with E-state index in [2.05, 4.69) is 18.8 Å². The third-order valence-corrected chi connectivity index (χ3v) is 6.59. The van der Waals surface area contributed by atoms with Gasteiger partial charge in [0.2, 0.25) is 0 Å². The molecule has 3 aromatic rings. The van der Waals surface area contributed by atoms with E-state index in [1.165, 1.54) is 29.0 Å². The Morgan fingerprint density at radius 1 is 1.18 bits per heavy atom. The van der Waals surface area contributed by atoms with Gasteiger partial charge in [-0.2, -0.15) is 0 Å². The summed E-state index contributed by atoms with van der Waals surface area (Å²) in [7, 11) is 0. The molecule has 4 rings (SSSR count). The minimum atomic E-state index is -0.642. The first-order valence-corrected chi connectivity index (χ1v) is 11.7. The number of carbonyl (C=O) groups excluding carboxylic acids is 1. The Hall–Kier alpha value is -3.32. The number of ether oxygens (including phenoxy) is 1. The summed E-state index contributed by atoms with van der Waals surface area (Å²) in [6, 6.07) is 13.2. The highest BCUT2D eigenvalue weighted by Gasteiger charge is 2.33. The van der Waals surface area contributed by atoms with Crippen molar-refractivity contribution in [2.24, 2.45) is 4.99 Å². The Labute approximate surface area is 195 Å². The van der Waals surface area contributed by atoms with Gasteiger partial charge in [0.05, 0.1) is 28.5 Å². The summed E-state index contributed by atoms with van der Waals surface area (Å²) in [5, 5.41) is 0. The van der Waals surface area contributed by atoms with Gasteiger partial charge in [-0.3, -0.25) is 9.36 Å². The van der Waals surface area contributed by atoms with Crippen LogP contribution in [0.15, 0.2) is 69.6 Å². The van der Waals surface area contributed by atoms with Gasteiger partial charge in [0.25, 0.3) is 5.56 Å². The molecular formula is C26H25FN2O3S. The Balaban J connectivity index is 1.92. The van der Waals surface area contributed by atoms with Crippen molar-refractivity contribution >= 4 is 23.4 Å². The number of benzene rings is 2. The van der Waals surface area contributed by atoms with E-state index >= 15 is 0 Å². The van der Waals surface area contributed by atoms with Crippen molar-refractivity contribution in [3.05, 3.63) is 102 Å². The fraction of sp³-hybridized carbons (Fsp3) is 0.269. The van der Waals surface area contributed by atoms with Crippen molar-refractivity contribution < 1.29 is 13.9 Å². The number of fused-ring (bicyclic) bond motifs is 1. The monoisotopic (exact) mass is 464 g/mol. The lowest BCUT2D eigenvalue weighted by atomic mass is 9.93. The van der Waals surface area contributed by atoms with Crippen LogP contribution in [0.5, 0.6) is 0 Å². The second-order valence-corrected chi connectivity index (χ2v) is 9.18. The number of carbonyl (C=O) groups is 1. The van der Waals surface area contributed by atoms with E-state index in [0.29, 0.717) is 32.1 Å². The predicted molar refractivity (Wildman–Crippen MR) is 127 cm³/mol. The van der Waals surface area contributed by atoms with Gasteiger partial charge in [0.15, 0.2) is 4.80 Å². The number of thiazole rings is 1. The minimum Gasteiger partial charge on any atom is -0.463 e. The zero-order valence-electron chi connectivity index (χ0n) is 19.0. The molecule has 0 bridgehead atoms. The van der Waals surface area contributed by atoms with E-state index in [9.17, 15) is 14.0 Å². The molecule has 0 radical (unpaired) electrons. The first-order valence-electron chi connectivity index (χ1n) is 10.8. The maximum absolute atomic E-state index is 13.5. The summed E-state index contributed by atoms with van der Waals surface area (Å²) >= 11 is 1.25. The molecule has 5 nitrogen and oxygen atoms in total. The lowest BCUT2D eigenvalue weighted by molar-refractivity contribution is -0.139. The SMILES string of the molecule is CCOC(=O)C1=C(C)N=c2s/c(=C\c3ccc(F)cc3)c(=O)n2[C@@H]1c1ccc(C(C)C)cc1. The summed E-state index contributed by atoms with van der Waals surface area (Å²) in [5.74, 6) is -0.462. The highest BCUT2D eigenvalue weighted by atomic mass is 32.1. The van der Waals surface area contributed by atoms with E-state index in [0.717, 1.165) is 5.56 Å². The van der Waals surface area contributed by atoms with Gasteiger partial charge in [0.1, 0.15) is 5.82 Å². The Bertz CT molecular complexity index is 1400. The van der Waals surface area contributed by atoms with Gasteiger partial charge in [-0.05, 0) is 54.7 Å². The molecule has 0 aliphatic carbocycles. The summed E-state index contributed by atoms with van der Waals surface area (Å²) in [4.78, 5) is 31.5. The maximum atomic E-state index is 13.5. The van der Waals surface area contributed by atoms with Crippen molar-refractivity contribution in [2.45, 2.75) is 39.7 Å². The first-order chi connectivity index (χ1) is 15.8. The van der Waals surface area contributed by atoms with Crippen LogP contribution in [-0.2, 0) is 9.53 Å². The first kappa shape index (κ1) is 22.9. The molecular weight excluding hydrogens is 439 g/mol. The van der Waals surface area contributed by atoms with Gasteiger partial charge in [-0.25, -0.2) is 14.2 Å². The van der Waals surface area contributed by atoms with Crippen LogP contribution in [0.4, 0.5) is 4.39 Å². The van der Waals surface area contributed by atoms with Gasteiger partial charge in [0, 0.05) is 0 Å². The van der Waals surface area contributed by atoms with Crippen molar-refractivity contribution in [1.29, 1.82) is 0 Å². The number of halogens is 1. The number of hydrogen-bond acceptors (Lipinski definition) is 5. The topological polar surface area (TPSA) is 60.7 Å². The smallest absolute Gasteiger partial charge is 0.338 e. The van der Waals surface area contributed by atoms with Crippen LogP contribution in [0, 0.1) is 5.82 Å². The molecule has 1 aliphatic heterocycles. The summed E-state index contributed by atoms with van der Waals surface area (Å²) in [6.07, 6.45) is 1.71. The molecule has 2 heterocycles. The second-order valence-electron chi connectivity index (χ2n) is 8.18. The molecule has 0 amide bonds. The van der Waals surface area contributed by atoms with E-state index in [1.807, 2.05) is 24.3 Å². The summed E-state index contributed by atoms with van der Waals surface area (Å²) in [6.45, 7) is 7.96. The lowest BCUT2D eigenvalue weighted by Gasteiger charge is -2.25. The van der Waals surface area contributed by atoms with Crippen LogP contribution < -0.4 is 14.9 Å². The lowest BCUT2D eigenvalue weighted by Crippen LogP contribution is -2.39. The molecule has 170 valence electrons. The fourth-order valence-electron chi connectivity index (χ4n) is 3.88. The molecule has 2 aromatic carbocycles. The molecule has 0 saturated carbocycles. The molecule has 1 aliphatic rings. The molecule has 0 fully saturated rings. The predicted octanol–water partition coefficient (Wildman–Crippen LogP) is 4.06. The largest absolute Gasteiger partial charge is 0.463 e. The zero-order valence-corrected chi connectivity index (χ0v) is 19.8. The van der Waals surface area contributed by atoms with Gasteiger partial charge < -0.3 is 4.74 Å². The van der Waals surface area contributed by atoms with Crippen LogP contribution in [0.25, 0.3) is 6.08 Å². The van der Waals surface area contributed by atoms with Crippen molar-refractivity contribution in [3.8, 4) is 0 Å². The third-order valence-electron chi connectivity index (χ3n) is 5.60. The van der Waals surface area contributed by atoms with E-state index in [4.69, 9.17) is 4.74 Å². The molecule has 0 spiro atoms. The number of allylic oxidation sites excluding steroid dienone is 1. The molecule has 33 heavy (non-hydrogen) atoms. The van der Waals surface area contributed by atoms with E-state index < -0.39 is 12.0 Å². The molecule has 7 heteroatoms. The van der Waals surface area contributed by atoms with E-state index in [1.54, 1.807) is 36.6 Å². The zero-order chi connectivity index (χ0) is 23.7. The number of nitrogens with zero attached hydrogens (tertiary/aromatic N) is 2. The van der Waals surface area contributed by atoms with Crippen LogP contribution in [-0.4, -0.2) is 17.1 Å². The molecule has 0 N–H and O–H groups in total. The van der Waals surface area contributed by atoms with E-state index in [-0.39, 0.29) is 18.0 Å². The van der Waals surface area contributed by atoms with Crippen molar-refractivity contribution in [1.82, 2.24) is 4.57 Å². The van der Waals surface area contributed by atoms with Gasteiger partial charge in [-0.1, -0.05) is 61.6 Å². The fourth-order valence-corrected chi connectivity index (χ4v) is 4.93. The minimum absolute atomic E-state index is 0.226. The van der Waals surface area contributed by atoms with Crippen LogP contribution >= 0.6 is 11.3 Å². The number of hydrogen-bond donors (Lipinski definition) is 0. The van der Waals surface area contributed by atoms with Crippen LogP contribution in [0.1, 0.15) is 56.3 Å². The number of rotatable bonds is 5. The summed E-state index contributed by atoms with van der Waals surface area (Å²) < 4.78 is 20.6. The van der Waals surface area contributed by atoms with Crippen LogP contribution in [0.2, 0.25) is 0 Å². The standard InChI is InChI=1S/C26H25FN2O3S/c1-5-32-25(31)22-16(4)28-26-29(23(22)19-10-8-18(9-11-19)15(2)3)24(30)21(33-26)14-17-6-12-20(27)13-7-17/h6-15,23H,5H2,1-4H3/b21-14-/t23-/m1/s1. The van der Waals surface area contributed by atoms with Crippen LogP contribution in [0.3, 0.4) is 0 Å². The summed E-state index contributed by atoms with van der Waals surface area (Å²) in [5.41, 5.74) is 3.32. The van der Waals surface area contributed by atoms with Gasteiger partial charge >= 0.3 is 5.97 Å². The molecule has 0 unspecified atom stereocenters. The number of aromatic nitrogens is 1. The highest BCUT2D eigenvalue weighted by molar-refractivity contribution is 7.07.